The minimum absolute atomic E-state index is 0.109. The van der Waals surface area contributed by atoms with Crippen molar-refractivity contribution < 1.29 is 4.79 Å². The molecule has 5 heteroatoms. The van der Waals surface area contributed by atoms with Crippen LogP contribution in [0.2, 0.25) is 0 Å². The van der Waals surface area contributed by atoms with E-state index in [1.165, 1.54) is 11.3 Å². The van der Waals surface area contributed by atoms with Crippen LogP contribution in [0.3, 0.4) is 0 Å². The lowest BCUT2D eigenvalue weighted by atomic mass is 10.3. The maximum Gasteiger partial charge on any atom is 0.243 e. The zero-order chi connectivity index (χ0) is 10.7. The van der Waals surface area contributed by atoms with Crippen molar-refractivity contribution in [3.8, 4) is 0 Å². The van der Waals surface area contributed by atoms with Crippen LogP contribution in [0.1, 0.15) is 29.1 Å². The van der Waals surface area contributed by atoms with E-state index < -0.39 is 5.38 Å². The molecule has 0 aliphatic rings. The molecule has 1 heterocycles. The predicted molar refractivity (Wildman–Crippen MR) is 58.7 cm³/mol. The predicted octanol–water partition coefficient (Wildman–Crippen LogP) is 2.26. The molecule has 1 rings (SSSR count). The first kappa shape index (κ1) is 11.5. The number of alkyl halides is 1. The Balaban J connectivity index is 2.65. The van der Waals surface area contributed by atoms with Crippen LogP contribution < -0.4 is 5.32 Å². The second-order valence-electron chi connectivity index (χ2n) is 3.31. The fraction of sp³-hybridized carbons (Fsp3) is 0.556. The molecule has 1 unspecified atom stereocenters. The largest absolute Gasteiger partial charge is 0.352 e. The number of carbonyl (C=O) groups is 1. The van der Waals surface area contributed by atoms with E-state index in [2.05, 4.69) is 10.3 Å². The Hall–Kier alpha value is -0.610. The van der Waals surface area contributed by atoms with E-state index in [0.29, 0.717) is 0 Å². The lowest BCUT2D eigenvalue weighted by molar-refractivity contribution is -0.121. The van der Waals surface area contributed by atoms with Gasteiger partial charge in [0.05, 0.1) is 9.88 Å². The summed E-state index contributed by atoms with van der Waals surface area (Å²) in [5.74, 6) is -0.162. The number of amides is 1. The van der Waals surface area contributed by atoms with Crippen molar-refractivity contribution in [2.24, 2.45) is 0 Å². The Bertz CT molecular complexity index is 324. The normalized spacial score (nSPS) is 12.9. The van der Waals surface area contributed by atoms with Crippen molar-refractivity contribution in [2.75, 3.05) is 0 Å². The van der Waals surface area contributed by atoms with Crippen molar-refractivity contribution in [2.45, 2.75) is 32.2 Å². The first-order valence-corrected chi connectivity index (χ1v) is 5.62. The molecule has 0 saturated carbocycles. The monoisotopic (exact) mass is 232 g/mol. The average molecular weight is 233 g/mol. The van der Waals surface area contributed by atoms with Gasteiger partial charge in [-0.2, -0.15) is 0 Å². The standard InChI is InChI=1S/C9H13ClN2OS/c1-5(2)12-9(13)8(10)7-4-11-6(3)14-7/h4-5,8H,1-3H3,(H,12,13). The molecule has 1 atom stereocenters. The number of rotatable bonds is 3. The molecule has 0 bridgehead atoms. The minimum atomic E-state index is -0.622. The van der Waals surface area contributed by atoms with Gasteiger partial charge in [-0.05, 0) is 20.8 Å². The fourth-order valence-electron chi connectivity index (χ4n) is 0.982. The van der Waals surface area contributed by atoms with Crippen molar-refractivity contribution in [1.29, 1.82) is 0 Å². The first-order chi connectivity index (χ1) is 6.50. The van der Waals surface area contributed by atoms with Gasteiger partial charge in [0.1, 0.15) is 5.38 Å². The van der Waals surface area contributed by atoms with Gasteiger partial charge in [-0.15, -0.1) is 22.9 Å². The van der Waals surface area contributed by atoms with Crippen molar-refractivity contribution in [3.05, 3.63) is 16.1 Å². The topological polar surface area (TPSA) is 42.0 Å². The van der Waals surface area contributed by atoms with Crippen LogP contribution in [0.4, 0.5) is 0 Å². The molecule has 14 heavy (non-hydrogen) atoms. The van der Waals surface area contributed by atoms with Gasteiger partial charge in [-0.25, -0.2) is 4.98 Å². The SMILES string of the molecule is Cc1ncc(C(Cl)C(=O)NC(C)C)s1. The highest BCUT2D eigenvalue weighted by atomic mass is 35.5. The summed E-state index contributed by atoms with van der Waals surface area (Å²) in [4.78, 5) is 16.3. The number of hydrogen-bond acceptors (Lipinski definition) is 3. The lowest BCUT2D eigenvalue weighted by Gasteiger charge is -2.10. The van der Waals surface area contributed by atoms with Crippen LogP contribution in [-0.2, 0) is 4.79 Å². The molecule has 1 aromatic heterocycles. The van der Waals surface area contributed by atoms with Crippen molar-refractivity contribution in [3.63, 3.8) is 0 Å². The van der Waals surface area contributed by atoms with E-state index in [-0.39, 0.29) is 11.9 Å². The van der Waals surface area contributed by atoms with Crippen molar-refractivity contribution >= 4 is 28.8 Å². The third-order valence-electron chi connectivity index (χ3n) is 1.55. The molecule has 0 aliphatic carbocycles. The van der Waals surface area contributed by atoms with Crippen LogP contribution in [0.15, 0.2) is 6.20 Å². The summed E-state index contributed by atoms with van der Waals surface area (Å²) in [5.41, 5.74) is 0. The Morgan fingerprint density at radius 2 is 2.29 bits per heavy atom. The van der Waals surface area contributed by atoms with Gasteiger partial charge in [0, 0.05) is 12.2 Å². The van der Waals surface area contributed by atoms with Crippen LogP contribution in [0.25, 0.3) is 0 Å². The molecule has 0 aromatic carbocycles. The summed E-state index contributed by atoms with van der Waals surface area (Å²) < 4.78 is 0. The molecular formula is C9H13ClN2OS. The van der Waals surface area contributed by atoms with Crippen LogP contribution in [0, 0.1) is 6.92 Å². The molecule has 0 saturated heterocycles. The molecule has 1 N–H and O–H groups in total. The van der Waals surface area contributed by atoms with E-state index in [1.54, 1.807) is 6.20 Å². The Kier molecular flexibility index (Phi) is 3.89. The second kappa shape index (κ2) is 4.75. The first-order valence-electron chi connectivity index (χ1n) is 4.37. The van der Waals surface area contributed by atoms with Gasteiger partial charge in [-0.3, -0.25) is 4.79 Å². The highest BCUT2D eigenvalue weighted by Crippen LogP contribution is 2.25. The van der Waals surface area contributed by atoms with Crippen molar-refractivity contribution in [1.82, 2.24) is 10.3 Å². The summed E-state index contributed by atoms with van der Waals surface area (Å²) in [6.45, 7) is 5.69. The number of hydrogen-bond donors (Lipinski definition) is 1. The molecule has 0 fully saturated rings. The maximum atomic E-state index is 11.5. The average Bonchev–Trinajstić information content (AvgIpc) is 2.49. The number of carbonyl (C=O) groups excluding carboxylic acids is 1. The third kappa shape index (κ3) is 2.96. The molecule has 0 spiro atoms. The van der Waals surface area contributed by atoms with E-state index in [4.69, 9.17) is 11.6 Å². The van der Waals surface area contributed by atoms with Gasteiger partial charge >= 0.3 is 0 Å². The molecule has 1 amide bonds. The summed E-state index contributed by atoms with van der Waals surface area (Å²) >= 11 is 7.42. The quantitative estimate of drug-likeness (QED) is 0.813. The number of nitrogens with one attached hydrogen (secondary N) is 1. The van der Waals surface area contributed by atoms with E-state index in [1.807, 2.05) is 20.8 Å². The number of thiazole rings is 1. The minimum Gasteiger partial charge on any atom is -0.352 e. The smallest absolute Gasteiger partial charge is 0.243 e. The van der Waals surface area contributed by atoms with Gasteiger partial charge in [-0.1, -0.05) is 0 Å². The lowest BCUT2D eigenvalue weighted by Crippen LogP contribution is -2.32. The molecule has 0 radical (unpaired) electrons. The van der Waals surface area contributed by atoms with Gasteiger partial charge in [0.25, 0.3) is 0 Å². The van der Waals surface area contributed by atoms with Gasteiger partial charge in [0.2, 0.25) is 5.91 Å². The summed E-state index contributed by atoms with van der Waals surface area (Å²) in [6.07, 6.45) is 1.65. The summed E-state index contributed by atoms with van der Waals surface area (Å²) in [6, 6.07) is 0.109. The van der Waals surface area contributed by atoms with E-state index in [0.717, 1.165) is 9.88 Å². The molecule has 78 valence electrons. The van der Waals surface area contributed by atoms with E-state index >= 15 is 0 Å². The van der Waals surface area contributed by atoms with Gasteiger partial charge in [0.15, 0.2) is 0 Å². The Labute approximate surface area is 92.5 Å². The molecule has 0 aliphatic heterocycles. The Morgan fingerprint density at radius 1 is 1.64 bits per heavy atom. The zero-order valence-electron chi connectivity index (χ0n) is 8.37. The summed E-state index contributed by atoms with van der Waals surface area (Å²) in [7, 11) is 0. The van der Waals surface area contributed by atoms with E-state index in [9.17, 15) is 4.79 Å². The third-order valence-corrected chi connectivity index (χ3v) is 3.09. The highest BCUT2D eigenvalue weighted by molar-refractivity contribution is 7.12. The fourth-order valence-corrected chi connectivity index (χ4v) is 2.00. The summed E-state index contributed by atoms with van der Waals surface area (Å²) in [5, 5.41) is 3.06. The van der Waals surface area contributed by atoms with Crippen LogP contribution >= 0.6 is 22.9 Å². The zero-order valence-corrected chi connectivity index (χ0v) is 9.95. The molecule has 1 aromatic rings. The maximum absolute atomic E-state index is 11.5. The number of nitrogens with zero attached hydrogens (tertiary/aromatic N) is 1. The number of aryl methyl sites for hydroxylation is 1. The van der Waals surface area contributed by atoms with Crippen LogP contribution in [-0.4, -0.2) is 16.9 Å². The molecular weight excluding hydrogens is 220 g/mol. The van der Waals surface area contributed by atoms with Crippen LogP contribution in [0.5, 0.6) is 0 Å². The number of aromatic nitrogens is 1. The number of halogens is 1. The Morgan fingerprint density at radius 3 is 2.71 bits per heavy atom. The van der Waals surface area contributed by atoms with Gasteiger partial charge < -0.3 is 5.32 Å². The highest BCUT2D eigenvalue weighted by Gasteiger charge is 2.20. The second-order valence-corrected chi connectivity index (χ2v) is 5.01. The molecule has 3 nitrogen and oxygen atoms in total.